The molecule has 1 aromatic heterocycles. The van der Waals surface area contributed by atoms with E-state index in [4.69, 9.17) is 0 Å². The van der Waals surface area contributed by atoms with E-state index >= 15 is 0 Å². The zero-order valence-corrected chi connectivity index (χ0v) is 34.1. The van der Waals surface area contributed by atoms with Gasteiger partial charge in [0, 0.05) is 33.3 Å². The molecule has 0 aliphatic carbocycles. The van der Waals surface area contributed by atoms with Crippen molar-refractivity contribution in [1.29, 1.82) is 0 Å². The van der Waals surface area contributed by atoms with Crippen molar-refractivity contribution in [2.45, 2.75) is 0 Å². The summed E-state index contributed by atoms with van der Waals surface area (Å²) < 4.78 is 2.41. The van der Waals surface area contributed by atoms with Gasteiger partial charge in [-0.25, -0.2) is 0 Å². The van der Waals surface area contributed by atoms with E-state index in [1.54, 1.807) is 0 Å². The van der Waals surface area contributed by atoms with Crippen molar-refractivity contribution in [3.8, 4) is 61.3 Å². The maximum Gasteiger partial charge on any atom is 0.0546 e. The largest absolute Gasteiger partial charge is 0.309 e. The van der Waals surface area contributed by atoms with Gasteiger partial charge in [-0.05, 0) is 87.0 Å². The van der Waals surface area contributed by atoms with Crippen LogP contribution in [0, 0.1) is 0 Å². The van der Waals surface area contributed by atoms with E-state index in [1.165, 1.54) is 55.2 Å². The molecule has 10 aromatic carbocycles. The third-order valence-corrected chi connectivity index (χ3v) is 12.0. The van der Waals surface area contributed by atoms with Crippen molar-refractivity contribution in [2.75, 3.05) is 4.90 Å². The van der Waals surface area contributed by atoms with Gasteiger partial charge < -0.3 is 9.47 Å². The number of rotatable bonds is 9. The third-order valence-electron chi connectivity index (χ3n) is 12.0. The van der Waals surface area contributed by atoms with Crippen LogP contribution in [-0.4, -0.2) is 4.57 Å². The zero-order valence-electron chi connectivity index (χ0n) is 34.1. The highest BCUT2D eigenvalue weighted by molar-refractivity contribution is 6.09. The molecule has 0 spiro atoms. The van der Waals surface area contributed by atoms with Crippen molar-refractivity contribution in [2.24, 2.45) is 0 Å². The van der Waals surface area contributed by atoms with Gasteiger partial charge in [-0.15, -0.1) is 0 Å². The number of benzene rings is 10. The molecule has 0 amide bonds. The first kappa shape index (κ1) is 36.8. The van der Waals surface area contributed by atoms with Gasteiger partial charge in [0.25, 0.3) is 0 Å². The van der Waals surface area contributed by atoms with Crippen LogP contribution in [-0.2, 0) is 0 Å². The molecule has 0 radical (unpaired) electrons. The van der Waals surface area contributed by atoms with E-state index in [-0.39, 0.29) is 0 Å². The highest BCUT2D eigenvalue weighted by atomic mass is 15.2. The Balaban J connectivity index is 1.20. The molecule has 0 fully saturated rings. The molecule has 1 heterocycles. The minimum Gasteiger partial charge on any atom is -0.309 e. The quantitative estimate of drug-likeness (QED) is 0.141. The summed E-state index contributed by atoms with van der Waals surface area (Å²) in [5, 5.41) is 2.48. The first-order chi connectivity index (χ1) is 30.8. The highest BCUT2D eigenvalue weighted by Gasteiger charge is 2.25. The molecule has 0 aliphatic heterocycles. The van der Waals surface area contributed by atoms with Crippen LogP contribution in [0.4, 0.5) is 17.1 Å². The summed E-state index contributed by atoms with van der Waals surface area (Å²) in [6.07, 6.45) is 0. The number of nitrogens with zero attached hydrogens (tertiary/aromatic N) is 2. The fraction of sp³-hybridized carbons (Fsp3) is 0. The van der Waals surface area contributed by atoms with Gasteiger partial charge in [-0.2, -0.15) is 0 Å². The van der Waals surface area contributed by atoms with Crippen molar-refractivity contribution >= 4 is 38.9 Å². The van der Waals surface area contributed by atoms with Crippen LogP contribution < -0.4 is 4.90 Å². The first-order valence-corrected chi connectivity index (χ1v) is 21.3. The minimum atomic E-state index is 1.06. The van der Waals surface area contributed by atoms with Crippen LogP contribution in [0.3, 0.4) is 0 Å². The Labute approximate surface area is 362 Å². The lowest BCUT2D eigenvalue weighted by molar-refractivity contribution is 1.17. The fourth-order valence-electron chi connectivity index (χ4n) is 9.20. The number of hydrogen-bond donors (Lipinski definition) is 0. The van der Waals surface area contributed by atoms with Gasteiger partial charge >= 0.3 is 0 Å². The van der Waals surface area contributed by atoms with Crippen molar-refractivity contribution in [3.63, 3.8) is 0 Å². The van der Waals surface area contributed by atoms with Crippen LogP contribution >= 0.6 is 0 Å². The predicted octanol–water partition coefficient (Wildman–Crippen LogP) is 16.6. The summed E-state index contributed by atoms with van der Waals surface area (Å²) in [5.74, 6) is 0. The summed E-state index contributed by atoms with van der Waals surface area (Å²) in [5.41, 5.74) is 18.4. The van der Waals surface area contributed by atoms with Crippen LogP contribution in [0.2, 0.25) is 0 Å². The van der Waals surface area contributed by atoms with Crippen molar-refractivity contribution < 1.29 is 0 Å². The van der Waals surface area contributed by atoms with E-state index in [0.29, 0.717) is 0 Å². The first-order valence-electron chi connectivity index (χ1n) is 21.3. The molecule has 0 N–H and O–H groups in total. The summed E-state index contributed by atoms with van der Waals surface area (Å²) in [7, 11) is 0. The lowest BCUT2D eigenvalue weighted by Crippen LogP contribution is -2.13. The molecule has 0 aliphatic rings. The summed E-state index contributed by atoms with van der Waals surface area (Å²) in [4.78, 5) is 2.49. The Hall–Kier alpha value is -8.20. The molecular weight excluding hydrogens is 749 g/mol. The van der Waals surface area contributed by atoms with Crippen LogP contribution in [0.15, 0.2) is 255 Å². The average Bonchev–Trinajstić information content (AvgIpc) is 3.70. The Morgan fingerprint density at radius 1 is 0.274 bits per heavy atom. The Morgan fingerprint density at radius 3 is 1.37 bits per heavy atom. The summed E-state index contributed by atoms with van der Waals surface area (Å²) >= 11 is 0. The SMILES string of the molecule is c1ccc(-c2ccc(-c3ccccc3N(c3cccc(-n4c5ccccc5c5ccccc54)c3)c3cccc(-c4ccccc4)c3-c3ccccc3-c3ccccc3)cc2)cc1. The van der Waals surface area contributed by atoms with Crippen molar-refractivity contribution in [1.82, 2.24) is 4.57 Å². The molecule has 11 rings (SSSR count). The third kappa shape index (κ3) is 6.65. The zero-order chi connectivity index (χ0) is 41.2. The second-order valence-corrected chi connectivity index (χ2v) is 15.7. The Bertz CT molecular complexity index is 3280. The molecule has 0 atom stereocenters. The molecular formula is C60H42N2. The molecule has 0 saturated heterocycles. The fourth-order valence-corrected chi connectivity index (χ4v) is 9.20. The predicted molar refractivity (Wildman–Crippen MR) is 263 cm³/mol. The van der Waals surface area contributed by atoms with E-state index in [0.717, 1.165) is 45.0 Å². The number of para-hydroxylation sites is 3. The molecule has 0 unspecified atom stereocenters. The van der Waals surface area contributed by atoms with Gasteiger partial charge in [0.05, 0.1) is 22.4 Å². The molecule has 0 saturated carbocycles. The van der Waals surface area contributed by atoms with Crippen LogP contribution in [0.1, 0.15) is 0 Å². The van der Waals surface area contributed by atoms with Gasteiger partial charge in [-0.1, -0.05) is 212 Å². The molecule has 62 heavy (non-hydrogen) atoms. The lowest BCUT2D eigenvalue weighted by atomic mass is 9.87. The second-order valence-electron chi connectivity index (χ2n) is 15.7. The van der Waals surface area contributed by atoms with Gasteiger partial charge in [0.15, 0.2) is 0 Å². The average molecular weight is 791 g/mol. The van der Waals surface area contributed by atoms with E-state index < -0.39 is 0 Å². The van der Waals surface area contributed by atoms with E-state index in [9.17, 15) is 0 Å². The lowest BCUT2D eigenvalue weighted by Gasteiger charge is -2.32. The number of fused-ring (bicyclic) bond motifs is 3. The standard InChI is InChI=1S/C60H42N2/c1-4-20-43(21-5-1)44-38-40-47(41-39-44)51-29-12-15-34-56(51)62(49-27-18-26-48(42-49)61-57-35-16-13-30-53(57)54-31-14-17-36-58(54)61)59-37-19-33-52(46-24-8-3-9-25-46)60(59)55-32-11-10-28-50(55)45-22-6-2-7-23-45/h1-42H. The van der Waals surface area contributed by atoms with Gasteiger partial charge in [0.1, 0.15) is 0 Å². The maximum atomic E-state index is 2.49. The van der Waals surface area contributed by atoms with Crippen LogP contribution in [0.25, 0.3) is 83.1 Å². The Morgan fingerprint density at radius 2 is 0.710 bits per heavy atom. The monoisotopic (exact) mass is 790 g/mol. The van der Waals surface area contributed by atoms with E-state index in [2.05, 4.69) is 264 Å². The van der Waals surface area contributed by atoms with Crippen molar-refractivity contribution in [3.05, 3.63) is 255 Å². The smallest absolute Gasteiger partial charge is 0.0546 e. The number of hydrogen-bond acceptors (Lipinski definition) is 1. The molecule has 292 valence electrons. The van der Waals surface area contributed by atoms with Crippen LogP contribution in [0.5, 0.6) is 0 Å². The second kappa shape index (κ2) is 16.1. The summed E-state index contributed by atoms with van der Waals surface area (Å²) in [6.45, 7) is 0. The number of aromatic nitrogens is 1. The van der Waals surface area contributed by atoms with Gasteiger partial charge in [-0.3, -0.25) is 0 Å². The Kier molecular flexibility index (Phi) is 9.57. The van der Waals surface area contributed by atoms with Gasteiger partial charge in [0.2, 0.25) is 0 Å². The minimum absolute atomic E-state index is 1.06. The molecule has 2 heteroatoms. The molecule has 0 bridgehead atoms. The molecule has 11 aromatic rings. The highest BCUT2D eigenvalue weighted by Crippen LogP contribution is 2.50. The topological polar surface area (TPSA) is 8.17 Å². The summed E-state index contributed by atoms with van der Waals surface area (Å²) in [6, 6.07) is 92.2. The molecule has 2 nitrogen and oxygen atoms in total. The normalized spacial score (nSPS) is 11.2. The number of anilines is 3. The maximum absolute atomic E-state index is 2.49. The van der Waals surface area contributed by atoms with E-state index in [1.807, 2.05) is 0 Å².